The van der Waals surface area contributed by atoms with Crippen LogP contribution in [-0.2, 0) is 10.0 Å². The number of nitrogens with zero attached hydrogens (tertiary/aromatic N) is 2. The molecule has 0 radical (unpaired) electrons. The van der Waals surface area contributed by atoms with Crippen LogP contribution in [0.15, 0.2) is 47.4 Å². The van der Waals surface area contributed by atoms with Crippen molar-refractivity contribution < 1.29 is 13.2 Å². The molecule has 1 heterocycles. The summed E-state index contributed by atoms with van der Waals surface area (Å²) in [6.07, 6.45) is 0. The third-order valence-corrected chi connectivity index (χ3v) is 6.88. The van der Waals surface area contributed by atoms with Crippen molar-refractivity contribution >= 4 is 38.1 Å². The van der Waals surface area contributed by atoms with Gasteiger partial charge in [-0.25, -0.2) is 8.42 Å². The van der Waals surface area contributed by atoms with Crippen LogP contribution in [0.4, 0.5) is 10.8 Å². The Morgan fingerprint density at radius 3 is 2.28 bits per heavy atom. The molecule has 0 saturated heterocycles. The quantitative estimate of drug-likeness (QED) is 0.606. The number of aromatic nitrogens is 2. The van der Waals surface area contributed by atoms with Gasteiger partial charge in [-0.3, -0.25) is 14.8 Å². The van der Waals surface area contributed by atoms with E-state index in [9.17, 15) is 13.2 Å². The molecule has 0 aliphatic rings. The van der Waals surface area contributed by atoms with Crippen molar-refractivity contribution in [1.82, 2.24) is 10.2 Å². The molecule has 1 amide bonds. The molecule has 3 aromatic rings. The predicted molar refractivity (Wildman–Crippen MR) is 115 cm³/mol. The lowest BCUT2D eigenvalue weighted by molar-refractivity contribution is 0.102. The molecule has 0 bridgehead atoms. The molecule has 3 rings (SSSR count). The molecule has 152 valence electrons. The minimum atomic E-state index is -3.75. The molecule has 0 spiro atoms. The van der Waals surface area contributed by atoms with Gasteiger partial charge in [0.25, 0.3) is 15.9 Å². The molecule has 0 atom stereocenters. The van der Waals surface area contributed by atoms with Gasteiger partial charge in [-0.05, 0) is 61.4 Å². The fourth-order valence-electron chi connectivity index (χ4n) is 2.49. The van der Waals surface area contributed by atoms with Crippen LogP contribution in [-0.4, -0.2) is 24.5 Å². The lowest BCUT2D eigenvalue weighted by atomic mass is 10.1. The van der Waals surface area contributed by atoms with Crippen LogP contribution in [0.3, 0.4) is 0 Å². The molecule has 7 nitrogen and oxygen atoms in total. The molecule has 0 aliphatic carbocycles. The molecule has 2 aromatic carbocycles. The maximum absolute atomic E-state index is 12.6. The Morgan fingerprint density at radius 2 is 1.69 bits per heavy atom. The zero-order valence-corrected chi connectivity index (χ0v) is 18.2. The van der Waals surface area contributed by atoms with Gasteiger partial charge in [-0.2, -0.15) is 0 Å². The van der Waals surface area contributed by atoms with Gasteiger partial charge in [0.15, 0.2) is 0 Å². The highest BCUT2D eigenvalue weighted by Gasteiger charge is 2.17. The second-order valence-electron chi connectivity index (χ2n) is 6.98. The summed E-state index contributed by atoms with van der Waals surface area (Å²) in [7, 11) is -3.75. The standard InChI is InChI=1S/C20H22N4O3S2/c1-12(2)19-22-23-20(28-19)21-18(25)15-6-9-17(10-7-15)29(26,27)24-16-8-5-13(3)14(4)11-16/h5-12,24H,1-4H3,(H,21,23,25). The number of benzene rings is 2. The highest BCUT2D eigenvalue weighted by molar-refractivity contribution is 7.92. The van der Waals surface area contributed by atoms with Crippen molar-refractivity contribution in [3.63, 3.8) is 0 Å². The minimum Gasteiger partial charge on any atom is -0.296 e. The first-order chi connectivity index (χ1) is 13.7. The number of hydrogen-bond acceptors (Lipinski definition) is 6. The number of rotatable bonds is 6. The maximum atomic E-state index is 12.6. The van der Waals surface area contributed by atoms with Gasteiger partial charge in [-0.1, -0.05) is 31.3 Å². The monoisotopic (exact) mass is 430 g/mol. The molecule has 0 saturated carbocycles. The van der Waals surface area contributed by atoms with Gasteiger partial charge in [0, 0.05) is 17.2 Å². The van der Waals surface area contributed by atoms with Crippen molar-refractivity contribution in [3.05, 3.63) is 64.2 Å². The Hall–Kier alpha value is -2.78. The van der Waals surface area contributed by atoms with Crippen molar-refractivity contribution in [2.24, 2.45) is 0 Å². The summed E-state index contributed by atoms with van der Waals surface area (Å²) in [4.78, 5) is 12.5. The molecule has 0 fully saturated rings. The van der Waals surface area contributed by atoms with E-state index in [-0.39, 0.29) is 16.7 Å². The van der Waals surface area contributed by atoms with E-state index in [1.807, 2.05) is 33.8 Å². The largest absolute Gasteiger partial charge is 0.296 e. The van der Waals surface area contributed by atoms with Crippen LogP contribution < -0.4 is 10.0 Å². The summed E-state index contributed by atoms with van der Waals surface area (Å²) in [5, 5.41) is 11.9. The zero-order chi connectivity index (χ0) is 21.2. The fraction of sp³-hybridized carbons (Fsp3) is 0.250. The average Bonchev–Trinajstić information content (AvgIpc) is 3.13. The van der Waals surface area contributed by atoms with E-state index in [1.165, 1.54) is 35.6 Å². The van der Waals surface area contributed by atoms with Crippen LogP contribution in [0.25, 0.3) is 0 Å². The first-order valence-corrected chi connectivity index (χ1v) is 11.3. The van der Waals surface area contributed by atoms with Gasteiger partial charge in [-0.15, -0.1) is 10.2 Å². The molecule has 9 heteroatoms. The maximum Gasteiger partial charge on any atom is 0.261 e. The third kappa shape index (κ3) is 4.99. The number of hydrogen-bond donors (Lipinski definition) is 2. The van der Waals surface area contributed by atoms with Crippen LogP contribution in [0.5, 0.6) is 0 Å². The SMILES string of the molecule is Cc1ccc(NS(=O)(=O)c2ccc(C(=O)Nc3nnc(C(C)C)s3)cc2)cc1C. The number of anilines is 2. The zero-order valence-electron chi connectivity index (χ0n) is 16.6. The number of carbonyl (C=O) groups is 1. The van der Waals surface area contributed by atoms with Gasteiger partial charge in [0.1, 0.15) is 5.01 Å². The van der Waals surface area contributed by atoms with E-state index in [1.54, 1.807) is 12.1 Å². The van der Waals surface area contributed by atoms with Gasteiger partial charge >= 0.3 is 0 Å². The van der Waals surface area contributed by atoms with E-state index in [0.717, 1.165) is 16.1 Å². The lowest BCUT2D eigenvalue weighted by Gasteiger charge is -2.10. The number of nitrogens with one attached hydrogen (secondary N) is 2. The Bertz CT molecular complexity index is 1140. The van der Waals surface area contributed by atoms with Crippen LogP contribution in [0.2, 0.25) is 0 Å². The highest BCUT2D eigenvalue weighted by atomic mass is 32.2. The van der Waals surface area contributed by atoms with Crippen molar-refractivity contribution in [2.75, 3.05) is 10.0 Å². The van der Waals surface area contributed by atoms with Gasteiger partial charge in [0.2, 0.25) is 5.13 Å². The number of aryl methyl sites for hydroxylation is 2. The fourth-order valence-corrected chi connectivity index (χ4v) is 4.28. The summed E-state index contributed by atoms with van der Waals surface area (Å²) in [6, 6.07) is 11.1. The molecule has 1 aromatic heterocycles. The molecule has 2 N–H and O–H groups in total. The summed E-state index contributed by atoms with van der Waals surface area (Å²) in [6.45, 7) is 7.87. The smallest absolute Gasteiger partial charge is 0.261 e. The summed E-state index contributed by atoms with van der Waals surface area (Å²) >= 11 is 1.31. The number of carbonyl (C=O) groups excluding carboxylic acids is 1. The topological polar surface area (TPSA) is 101 Å². The Balaban J connectivity index is 1.72. The van der Waals surface area contributed by atoms with E-state index in [4.69, 9.17) is 0 Å². The van der Waals surface area contributed by atoms with Crippen molar-refractivity contribution in [1.29, 1.82) is 0 Å². The van der Waals surface area contributed by atoms with E-state index in [0.29, 0.717) is 16.4 Å². The van der Waals surface area contributed by atoms with Gasteiger partial charge < -0.3 is 0 Å². The number of amides is 1. The second kappa shape index (κ2) is 8.30. The molecule has 29 heavy (non-hydrogen) atoms. The molecule has 0 unspecified atom stereocenters. The summed E-state index contributed by atoms with van der Waals surface area (Å²) < 4.78 is 27.8. The summed E-state index contributed by atoms with van der Waals surface area (Å²) in [5.41, 5.74) is 2.90. The lowest BCUT2D eigenvalue weighted by Crippen LogP contribution is -2.15. The van der Waals surface area contributed by atoms with Gasteiger partial charge in [0.05, 0.1) is 4.90 Å². The summed E-state index contributed by atoms with van der Waals surface area (Å²) in [5.74, 6) is -0.144. The highest BCUT2D eigenvalue weighted by Crippen LogP contribution is 2.23. The van der Waals surface area contributed by atoms with Crippen LogP contribution in [0.1, 0.15) is 46.3 Å². The Morgan fingerprint density at radius 1 is 1.00 bits per heavy atom. The van der Waals surface area contributed by atoms with Crippen LogP contribution >= 0.6 is 11.3 Å². The normalized spacial score (nSPS) is 11.5. The molecular weight excluding hydrogens is 408 g/mol. The first kappa shape index (κ1) is 20.9. The Labute approximate surface area is 174 Å². The molecular formula is C20H22N4O3S2. The molecule has 0 aliphatic heterocycles. The Kier molecular flexibility index (Phi) is 5.99. The van der Waals surface area contributed by atoms with Crippen molar-refractivity contribution in [3.8, 4) is 0 Å². The van der Waals surface area contributed by atoms with E-state index < -0.39 is 10.0 Å². The number of sulfonamides is 1. The minimum absolute atomic E-state index is 0.0743. The van der Waals surface area contributed by atoms with E-state index >= 15 is 0 Å². The second-order valence-corrected chi connectivity index (χ2v) is 9.67. The third-order valence-electron chi connectivity index (χ3n) is 4.34. The first-order valence-electron chi connectivity index (χ1n) is 9.00. The predicted octanol–water partition coefficient (Wildman–Crippen LogP) is 4.33. The van der Waals surface area contributed by atoms with E-state index in [2.05, 4.69) is 20.2 Å². The van der Waals surface area contributed by atoms with Crippen LogP contribution in [0, 0.1) is 13.8 Å². The average molecular weight is 431 g/mol. The van der Waals surface area contributed by atoms with Crippen molar-refractivity contribution in [2.45, 2.75) is 38.5 Å².